The maximum Gasteiger partial charge on any atom is 0.227 e. The molecular weight excluding hydrogens is 254 g/mol. The molecule has 0 aliphatic carbocycles. The maximum atomic E-state index is 12.3. The van der Waals surface area contributed by atoms with Gasteiger partial charge in [0.05, 0.1) is 19.9 Å². The average molecular weight is 279 g/mol. The summed E-state index contributed by atoms with van der Waals surface area (Å²) in [6.45, 7) is 4.18. The Balaban J connectivity index is 2.78. The molecule has 0 aliphatic heterocycles. The zero-order valence-electron chi connectivity index (χ0n) is 12.9. The van der Waals surface area contributed by atoms with Gasteiger partial charge in [-0.05, 0) is 25.0 Å². The summed E-state index contributed by atoms with van der Waals surface area (Å²) in [6.07, 6.45) is 3.96. The second-order valence-corrected chi connectivity index (χ2v) is 4.80. The lowest BCUT2D eigenvalue weighted by Gasteiger charge is -2.16. The number of amides is 1. The quantitative estimate of drug-likeness (QED) is 0.786. The van der Waals surface area contributed by atoms with E-state index in [2.05, 4.69) is 12.2 Å². The summed E-state index contributed by atoms with van der Waals surface area (Å²) in [4.78, 5) is 12.3. The molecule has 0 aromatic heterocycles. The van der Waals surface area contributed by atoms with Gasteiger partial charge in [0, 0.05) is 12.0 Å². The largest absolute Gasteiger partial charge is 0.497 e. The van der Waals surface area contributed by atoms with Crippen LogP contribution in [0.5, 0.6) is 11.5 Å². The molecule has 0 aliphatic rings. The van der Waals surface area contributed by atoms with Gasteiger partial charge in [0.15, 0.2) is 0 Å². The SMILES string of the molecule is CCCCC(CC)C(=O)Nc1ccc(OC)cc1OC. The number of benzene rings is 1. The standard InChI is InChI=1S/C16H25NO3/c1-5-7-8-12(6-2)16(18)17-14-10-9-13(19-3)11-15(14)20-4/h9-12H,5-8H2,1-4H3,(H,17,18). The lowest BCUT2D eigenvalue weighted by molar-refractivity contribution is -0.120. The molecule has 0 heterocycles. The van der Waals surface area contributed by atoms with Crippen LogP contribution in [0.1, 0.15) is 39.5 Å². The number of nitrogens with one attached hydrogen (secondary N) is 1. The molecule has 0 spiro atoms. The van der Waals surface area contributed by atoms with Crippen LogP contribution < -0.4 is 14.8 Å². The average Bonchev–Trinajstić information content (AvgIpc) is 2.48. The Morgan fingerprint density at radius 3 is 2.55 bits per heavy atom. The topological polar surface area (TPSA) is 47.6 Å². The molecular formula is C16H25NO3. The Morgan fingerprint density at radius 1 is 1.25 bits per heavy atom. The van der Waals surface area contributed by atoms with E-state index in [1.807, 2.05) is 19.1 Å². The van der Waals surface area contributed by atoms with Crippen molar-refractivity contribution in [2.45, 2.75) is 39.5 Å². The third-order valence-electron chi connectivity index (χ3n) is 3.44. The molecule has 0 saturated carbocycles. The minimum Gasteiger partial charge on any atom is -0.497 e. The van der Waals surface area contributed by atoms with Crippen LogP contribution in [0.25, 0.3) is 0 Å². The Bertz CT molecular complexity index is 432. The highest BCUT2D eigenvalue weighted by Gasteiger charge is 2.17. The van der Waals surface area contributed by atoms with Gasteiger partial charge in [-0.25, -0.2) is 0 Å². The van der Waals surface area contributed by atoms with Crippen LogP contribution >= 0.6 is 0 Å². The minimum atomic E-state index is 0.0572. The van der Waals surface area contributed by atoms with Crippen LogP contribution in [-0.4, -0.2) is 20.1 Å². The lowest BCUT2D eigenvalue weighted by Crippen LogP contribution is -2.22. The summed E-state index contributed by atoms with van der Waals surface area (Å²) in [5.41, 5.74) is 0.688. The molecule has 0 fully saturated rings. The normalized spacial score (nSPS) is 11.8. The summed E-state index contributed by atoms with van der Waals surface area (Å²) < 4.78 is 10.4. The Kier molecular flexibility index (Phi) is 6.91. The zero-order chi connectivity index (χ0) is 15.0. The fraction of sp³-hybridized carbons (Fsp3) is 0.562. The maximum absolute atomic E-state index is 12.3. The van der Waals surface area contributed by atoms with Gasteiger partial charge in [0.1, 0.15) is 11.5 Å². The van der Waals surface area contributed by atoms with Crippen molar-refractivity contribution in [3.8, 4) is 11.5 Å². The van der Waals surface area contributed by atoms with Crippen molar-refractivity contribution in [3.63, 3.8) is 0 Å². The third kappa shape index (κ3) is 4.44. The van der Waals surface area contributed by atoms with Crippen molar-refractivity contribution in [2.75, 3.05) is 19.5 Å². The van der Waals surface area contributed by atoms with Crippen molar-refractivity contribution in [1.82, 2.24) is 0 Å². The number of unbranched alkanes of at least 4 members (excludes halogenated alkanes) is 1. The zero-order valence-corrected chi connectivity index (χ0v) is 12.9. The molecule has 1 unspecified atom stereocenters. The van der Waals surface area contributed by atoms with Crippen LogP contribution in [0.2, 0.25) is 0 Å². The van der Waals surface area contributed by atoms with Crippen LogP contribution in [0.4, 0.5) is 5.69 Å². The first-order chi connectivity index (χ1) is 9.65. The van der Waals surface area contributed by atoms with Gasteiger partial charge < -0.3 is 14.8 Å². The Hall–Kier alpha value is -1.71. The first-order valence-corrected chi connectivity index (χ1v) is 7.19. The van der Waals surface area contributed by atoms with Crippen molar-refractivity contribution >= 4 is 11.6 Å². The first kappa shape index (κ1) is 16.3. The number of ether oxygens (including phenoxy) is 2. The summed E-state index contributed by atoms with van der Waals surface area (Å²) in [6, 6.07) is 5.38. The molecule has 4 heteroatoms. The molecule has 0 radical (unpaired) electrons. The fourth-order valence-corrected chi connectivity index (χ4v) is 2.11. The summed E-state index contributed by atoms with van der Waals surface area (Å²) >= 11 is 0. The number of hydrogen-bond acceptors (Lipinski definition) is 3. The van der Waals surface area contributed by atoms with E-state index < -0.39 is 0 Å². The van der Waals surface area contributed by atoms with Crippen LogP contribution in [0.3, 0.4) is 0 Å². The van der Waals surface area contributed by atoms with Crippen molar-refractivity contribution in [3.05, 3.63) is 18.2 Å². The smallest absolute Gasteiger partial charge is 0.227 e. The molecule has 1 amide bonds. The monoisotopic (exact) mass is 279 g/mol. The van der Waals surface area contributed by atoms with Gasteiger partial charge in [-0.15, -0.1) is 0 Å². The molecule has 1 atom stereocenters. The lowest BCUT2D eigenvalue weighted by atomic mass is 9.98. The van der Waals surface area contributed by atoms with E-state index in [9.17, 15) is 4.79 Å². The second kappa shape index (κ2) is 8.46. The highest BCUT2D eigenvalue weighted by molar-refractivity contribution is 5.94. The fourth-order valence-electron chi connectivity index (χ4n) is 2.11. The van der Waals surface area contributed by atoms with Crippen molar-refractivity contribution in [1.29, 1.82) is 0 Å². The highest BCUT2D eigenvalue weighted by Crippen LogP contribution is 2.29. The Morgan fingerprint density at radius 2 is 2.00 bits per heavy atom. The van der Waals surface area contributed by atoms with Gasteiger partial charge in [-0.1, -0.05) is 26.7 Å². The predicted molar refractivity (Wildman–Crippen MR) is 81.5 cm³/mol. The van der Waals surface area contributed by atoms with E-state index in [-0.39, 0.29) is 11.8 Å². The molecule has 1 N–H and O–H groups in total. The number of rotatable bonds is 8. The molecule has 0 saturated heterocycles. The summed E-state index contributed by atoms with van der Waals surface area (Å²) in [7, 11) is 3.18. The molecule has 1 aromatic rings. The number of hydrogen-bond donors (Lipinski definition) is 1. The highest BCUT2D eigenvalue weighted by atomic mass is 16.5. The van der Waals surface area contributed by atoms with Gasteiger partial charge in [0.2, 0.25) is 5.91 Å². The number of anilines is 1. The van der Waals surface area contributed by atoms with Crippen molar-refractivity contribution in [2.24, 2.45) is 5.92 Å². The second-order valence-electron chi connectivity index (χ2n) is 4.80. The third-order valence-corrected chi connectivity index (χ3v) is 3.44. The number of methoxy groups -OCH3 is 2. The van der Waals surface area contributed by atoms with Crippen molar-refractivity contribution < 1.29 is 14.3 Å². The van der Waals surface area contributed by atoms with Crippen LogP contribution in [0.15, 0.2) is 18.2 Å². The minimum absolute atomic E-state index is 0.0572. The molecule has 1 rings (SSSR count). The molecule has 4 nitrogen and oxygen atoms in total. The van der Waals surface area contributed by atoms with Gasteiger partial charge in [0.25, 0.3) is 0 Å². The van der Waals surface area contributed by atoms with E-state index in [0.717, 1.165) is 25.7 Å². The predicted octanol–water partition coefficient (Wildman–Crippen LogP) is 3.86. The van der Waals surface area contributed by atoms with E-state index >= 15 is 0 Å². The number of carbonyl (C=O) groups is 1. The van der Waals surface area contributed by atoms with E-state index in [1.54, 1.807) is 20.3 Å². The first-order valence-electron chi connectivity index (χ1n) is 7.19. The van der Waals surface area contributed by atoms with E-state index in [0.29, 0.717) is 17.2 Å². The summed E-state index contributed by atoms with van der Waals surface area (Å²) in [5, 5.41) is 2.95. The molecule has 20 heavy (non-hydrogen) atoms. The molecule has 112 valence electrons. The van der Waals surface area contributed by atoms with E-state index in [4.69, 9.17) is 9.47 Å². The van der Waals surface area contributed by atoms with Crippen LogP contribution in [0, 0.1) is 5.92 Å². The number of carbonyl (C=O) groups excluding carboxylic acids is 1. The summed E-state index contributed by atoms with van der Waals surface area (Å²) in [5.74, 6) is 1.44. The Labute approximate surface area is 121 Å². The van der Waals surface area contributed by atoms with Crippen LogP contribution in [-0.2, 0) is 4.79 Å². The van der Waals surface area contributed by atoms with Gasteiger partial charge in [-0.2, -0.15) is 0 Å². The van der Waals surface area contributed by atoms with Gasteiger partial charge >= 0.3 is 0 Å². The van der Waals surface area contributed by atoms with E-state index in [1.165, 1.54) is 0 Å². The van der Waals surface area contributed by atoms with Gasteiger partial charge in [-0.3, -0.25) is 4.79 Å². The molecule has 0 bridgehead atoms. The molecule has 1 aromatic carbocycles.